The van der Waals surface area contributed by atoms with E-state index in [1.807, 2.05) is 24.3 Å². The van der Waals surface area contributed by atoms with Crippen LogP contribution in [0.25, 0.3) is 0 Å². The van der Waals surface area contributed by atoms with Gasteiger partial charge in [0.2, 0.25) is 0 Å². The van der Waals surface area contributed by atoms with Crippen molar-refractivity contribution in [3.63, 3.8) is 0 Å². The first-order valence-electron chi connectivity index (χ1n) is 8.40. The number of rotatable bonds is 5. The summed E-state index contributed by atoms with van der Waals surface area (Å²) in [5.74, 6) is 0.00913. The van der Waals surface area contributed by atoms with Gasteiger partial charge in [-0.1, -0.05) is 45.8 Å². The molecule has 2 aromatic carbocycles. The van der Waals surface area contributed by atoms with Crippen LogP contribution in [-0.4, -0.2) is 35.7 Å². The van der Waals surface area contributed by atoms with Crippen molar-refractivity contribution in [2.24, 2.45) is 0 Å². The molecule has 0 aromatic heterocycles. The van der Waals surface area contributed by atoms with Crippen molar-refractivity contribution in [1.29, 1.82) is 0 Å². The number of likely N-dealkylation sites (tertiary alicyclic amines) is 1. The Labute approximate surface area is 156 Å². The standard InChI is InChI=1S/C20H22BrNO3/c1-13-5-3-6-14(11-13)19(22-10-4-7-17(22)20(23)24)16-12-15(21)8-9-18(16)25-2/h3,5-6,8-9,11-12,17,19H,4,7,10H2,1-2H3,(H,23,24). The van der Waals surface area contributed by atoms with Crippen molar-refractivity contribution in [2.75, 3.05) is 13.7 Å². The first kappa shape index (κ1) is 18.0. The average molecular weight is 404 g/mol. The fourth-order valence-electron chi connectivity index (χ4n) is 3.67. The number of ether oxygens (including phenoxy) is 1. The average Bonchev–Trinajstić information content (AvgIpc) is 3.05. The van der Waals surface area contributed by atoms with Gasteiger partial charge in [0.25, 0.3) is 0 Å². The summed E-state index contributed by atoms with van der Waals surface area (Å²) in [7, 11) is 1.65. The molecule has 4 nitrogen and oxygen atoms in total. The predicted octanol–water partition coefficient (Wildman–Crippen LogP) is 4.40. The van der Waals surface area contributed by atoms with Crippen LogP contribution < -0.4 is 4.74 Å². The van der Waals surface area contributed by atoms with Crippen LogP contribution in [-0.2, 0) is 4.79 Å². The third-order valence-electron chi connectivity index (χ3n) is 4.76. The maximum absolute atomic E-state index is 11.8. The van der Waals surface area contributed by atoms with Gasteiger partial charge in [0.05, 0.1) is 13.2 Å². The lowest BCUT2D eigenvalue weighted by atomic mass is 9.94. The summed E-state index contributed by atoms with van der Waals surface area (Å²) in [6.45, 7) is 2.81. The lowest BCUT2D eigenvalue weighted by Crippen LogP contribution is -2.39. The Bertz CT molecular complexity index is 777. The number of halogens is 1. The largest absolute Gasteiger partial charge is 0.496 e. The molecule has 1 fully saturated rings. The minimum atomic E-state index is -0.760. The second kappa shape index (κ2) is 7.58. The van der Waals surface area contributed by atoms with Crippen LogP contribution in [0.3, 0.4) is 0 Å². The quantitative estimate of drug-likeness (QED) is 0.803. The van der Waals surface area contributed by atoms with Crippen molar-refractivity contribution in [1.82, 2.24) is 4.90 Å². The van der Waals surface area contributed by atoms with Gasteiger partial charge in [-0.2, -0.15) is 0 Å². The highest BCUT2D eigenvalue weighted by atomic mass is 79.9. The maximum Gasteiger partial charge on any atom is 0.320 e. The van der Waals surface area contributed by atoms with Crippen molar-refractivity contribution in [2.45, 2.75) is 31.8 Å². The minimum absolute atomic E-state index is 0.157. The molecule has 1 saturated heterocycles. The van der Waals surface area contributed by atoms with Gasteiger partial charge >= 0.3 is 5.97 Å². The number of nitrogens with zero attached hydrogens (tertiary/aromatic N) is 1. The molecule has 0 amide bonds. The van der Waals surface area contributed by atoms with Crippen LogP contribution in [0.5, 0.6) is 5.75 Å². The van der Waals surface area contributed by atoms with E-state index >= 15 is 0 Å². The third-order valence-corrected chi connectivity index (χ3v) is 5.25. The van der Waals surface area contributed by atoms with Crippen LogP contribution in [0.2, 0.25) is 0 Å². The molecule has 0 saturated carbocycles. The van der Waals surface area contributed by atoms with Gasteiger partial charge in [0.1, 0.15) is 11.8 Å². The van der Waals surface area contributed by atoms with Crippen LogP contribution in [0.1, 0.15) is 35.6 Å². The Morgan fingerprint density at radius 1 is 1.32 bits per heavy atom. The van der Waals surface area contributed by atoms with E-state index in [4.69, 9.17) is 4.74 Å². The summed E-state index contributed by atoms with van der Waals surface area (Å²) < 4.78 is 6.54. The zero-order valence-corrected chi connectivity index (χ0v) is 16.0. The van der Waals surface area contributed by atoms with Gasteiger partial charge in [0.15, 0.2) is 0 Å². The molecule has 5 heteroatoms. The normalized spacial score (nSPS) is 18.9. The Morgan fingerprint density at radius 2 is 2.12 bits per heavy atom. The molecule has 2 aromatic rings. The molecule has 1 aliphatic rings. The van der Waals surface area contributed by atoms with Crippen LogP contribution >= 0.6 is 15.9 Å². The zero-order valence-electron chi connectivity index (χ0n) is 14.4. The van der Waals surface area contributed by atoms with E-state index in [1.54, 1.807) is 7.11 Å². The van der Waals surface area contributed by atoms with Gasteiger partial charge in [-0.15, -0.1) is 0 Å². The van der Waals surface area contributed by atoms with E-state index in [1.165, 1.54) is 0 Å². The van der Waals surface area contributed by atoms with E-state index in [2.05, 4.69) is 46.0 Å². The highest BCUT2D eigenvalue weighted by Crippen LogP contribution is 2.40. The van der Waals surface area contributed by atoms with Crippen LogP contribution in [0.4, 0.5) is 0 Å². The van der Waals surface area contributed by atoms with E-state index in [9.17, 15) is 9.90 Å². The number of benzene rings is 2. The fourth-order valence-corrected chi connectivity index (χ4v) is 4.05. The molecule has 2 atom stereocenters. The second-order valence-corrected chi connectivity index (χ2v) is 7.35. The smallest absolute Gasteiger partial charge is 0.320 e. The van der Waals surface area contributed by atoms with Gasteiger partial charge < -0.3 is 9.84 Å². The molecule has 25 heavy (non-hydrogen) atoms. The summed E-state index contributed by atoms with van der Waals surface area (Å²) in [6.07, 6.45) is 1.56. The third kappa shape index (κ3) is 3.72. The fraction of sp³-hybridized carbons (Fsp3) is 0.350. The van der Waals surface area contributed by atoms with E-state index in [0.717, 1.165) is 39.9 Å². The second-order valence-electron chi connectivity index (χ2n) is 6.44. The first-order chi connectivity index (χ1) is 12.0. The van der Waals surface area contributed by atoms with Crippen LogP contribution in [0.15, 0.2) is 46.9 Å². The highest BCUT2D eigenvalue weighted by molar-refractivity contribution is 9.10. The van der Waals surface area contributed by atoms with Gasteiger partial charge in [0, 0.05) is 16.6 Å². The molecule has 132 valence electrons. The van der Waals surface area contributed by atoms with Crippen LogP contribution in [0, 0.1) is 6.92 Å². The van der Waals surface area contributed by atoms with Crippen molar-refractivity contribution in [3.8, 4) is 5.75 Å². The van der Waals surface area contributed by atoms with Gasteiger partial charge in [-0.05, 0) is 43.5 Å². The van der Waals surface area contributed by atoms with E-state index in [0.29, 0.717) is 6.42 Å². The van der Waals surface area contributed by atoms with Crippen molar-refractivity contribution in [3.05, 3.63) is 63.6 Å². The number of hydrogen-bond donors (Lipinski definition) is 1. The lowest BCUT2D eigenvalue weighted by molar-refractivity contribution is -0.142. The zero-order chi connectivity index (χ0) is 18.0. The number of aliphatic carboxylic acids is 1. The summed E-state index contributed by atoms with van der Waals surface area (Å²) in [5.41, 5.74) is 3.22. The summed E-state index contributed by atoms with van der Waals surface area (Å²) in [6, 6.07) is 13.5. The summed E-state index contributed by atoms with van der Waals surface area (Å²) in [4.78, 5) is 13.9. The Morgan fingerprint density at radius 3 is 2.80 bits per heavy atom. The minimum Gasteiger partial charge on any atom is -0.496 e. The Hall–Kier alpha value is -1.85. The highest BCUT2D eigenvalue weighted by Gasteiger charge is 2.38. The number of methoxy groups -OCH3 is 1. The molecule has 0 bridgehead atoms. The number of carbonyl (C=O) groups is 1. The molecule has 2 unspecified atom stereocenters. The molecule has 1 aliphatic heterocycles. The molecule has 3 rings (SSSR count). The predicted molar refractivity (Wildman–Crippen MR) is 101 cm³/mol. The molecular formula is C20H22BrNO3. The van der Waals surface area contributed by atoms with Crippen molar-refractivity contribution < 1.29 is 14.6 Å². The Balaban J connectivity index is 2.16. The monoisotopic (exact) mass is 403 g/mol. The SMILES string of the molecule is COc1ccc(Br)cc1C(c1cccc(C)c1)N1CCCC1C(=O)O. The molecule has 1 N–H and O–H groups in total. The lowest BCUT2D eigenvalue weighted by Gasteiger charge is -2.33. The summed E-state index contributed by atoms with van der Waals surface area (Å²) >= 11 is 3.54. The number of hydrogen-bond acceptors (Lipinski definition) is 3. The molecule has 0 spiro atoms. The summed E-state index contributed by atoms with van der Waals surface area (Å²) in [5, 5.41) is 9.68. The number of aryl methyl sites for hydroxylation is 1. The topological polar surface area (TPSA) is 49.8 Å². The molecular weight excluding hydrogens is 382 g/mol. The molecule has 1 heterocycles. The maximum atomic E-state index is 11.8. The number of carboxylic acids is 1. The molecule has 0 radical (unpaired) electrons. The Kier molecular flexibility index (Phi) is 5.45. The first-order valence-corrected chi connectivity index (χ1v) is 9.19. The van der Waals surface area contributed by atoms with Gasteiger partial charge in [-0.25, -0.2) is 0 Å². The van der Waals surface area contributed by atoms with E-state index < -0.39 is 12.0 Å². The van der Waals surface area contributed by atoms with Crippen molar-refractivity contribution >= 4 is 21.9 Å². The van der Waals surface area contributed by atoms with Gasteiger partial charge in [-0.3, -0.25) is 9.69 Å². The molecule has 0 aliphatic carbocycles. The number of carboxylic acid groups (broad SMARTS) is 1. The van der Waals surface area contributed by atoms with E-state index in [-0.39, 0.29) is 6.04 Å².